The van der Waals surface area contributed by atoms with E-state index in [1.165, 1.54) is 6.07 Å². The van der Waals surface area contributed by atoms with Gasteiger partial charge in [0, 0.05) is 19.2 Å². The van der Waals surface area contributed by atoms with E-state index in [-0.39, 0.29) is 5.75 Å². The lowest BCUT2D eigenvalue weighted by atomic mass is 10.2. The number of nitrogens with zero attached hydrogens (tertiary/aromatic N) is 2. The Morgan fingerprint density at radius 1 is 1.22 bits per heavy atom. The zero-order chi connectivity index (χ0) is 17.0. The molecule has 5 heteroatoms. The van der Waals surface area contributed by atoms with Crippen LogP contribution in [0.25, 0.3) is 0 Å². The molecule has 0 unspecified atom stereocenters. The van der Waals surface area contributed by atoms with E-state index in [2.05, 4.69) is 18.8 Å². The van der Waals surface area contributed by atoms with Crippen LogP contribution in [0.5, 0.6) is 11.5 Å². The molecule has 3 nitrogen and oxygen atoms in total. The fraction of sp³-hybridized carbons (Fsp3) is 0.278. The lowest BCUT2D eigenvalue weighted by molar-refractivity contribution is 0.429. The van der Waals surface area contributed by atoms with Crippen LogP contribution in [-0.4, -0.2) is 24.3 Å². The topological polar surface area (TPSA) is 24.8 Å². The van der Waals surface area contributed by atoms with Crippen molar-refractivity contribution in [2.45, 2.75) is 26.8 Å². The first-order valence-corrected chi connectivity index (χ1v) is 7.75. The largest absolute Gasteiger partial charge is 0.454 e. The highest BCUT2D eigenvalue weighted by Gasteiger charge is 2.10. The molecule has 2 aromatic rings. The van der Waals surface area contributed by atoms with Crippen LogP contribution in [0.2, 0.25) is 5.02 Å². The second-order valence-electron chi connectivity index (χ2n) is 5.61. The van der Waals surface area contributed by atoms with Crippen molar-refractivity contribution in [3.05, 3.63) is 52.8 Å². The number of ether oxygens (including phenoxy) is 1. The first-order chi connectivity index (χ1) is 10.9. The molecule has 122 valence electrons. The minimum atomic E-state index is -0.413. The summed E-state index contributed by atoms with van der Waals surface area (Å²) in [5.41, 5.74) is 1.48. The minimum absolute atomic E-state index is 0.169. The summed E-state index contributed by atoms with van der Waals surface area (Å²) in [6.45, 7) is 6.02. The highest BCUT2D eigenvalue weighted by atomic mass is 35.5. The van der Waals surface area contributed by atoms with Crippen molar-refractivity contribution in [3.8, 4) is 11.5 Å². The van der Waals surface area contributed by atoms with Gasteiger partial charge in [-0.15, -0.1) is 0 Å². The lowest BCUT2D eigenvalue weighted by Gasteiger charge is -2.17. The molecule has 0 fully saturated rings. The number of aryl methyl sites for hydroxylation is 1. The summed E-state index contributed by atoms with van der Waals surface area (Å²) in [5, 5.41) is 0.454. The van der Waals surface area contributed by atoms with Gasteiger partial charge in [0.25, 0.3) is 0 Å². The van der Waals surface area contributed by atoms with Crippen molar-refractivity contribution in [1.29, 1.82) is 0 Å². The molecule has 23 heavy (non-hydrogen) atoms. The third-order valence-electron chi connectivity index (χ3n) is 3.49. The molecule has 2 rings (SSSR count). The Balaban J connectivity index is 2.25. The van der Waals surface area contributed by atoms with Crippen molar-refractivity contribution in [3.63, 3.8) is 0 Å². The van der Waals surface area contributed by atoms with Crippen LogP contribution in [0.1, 0.15) is 19.4 Å². The van der Waals surface area contributed by atoms with Crippen molar-refractivity contribution in [1.82, 2.24) is 4.90 Å². The van der Waals surface area contributed by atoms with Crippen LogP contribution >= 0.6 is 11.6 Å². The molecule has 0 aliphatic carbocycles. The maximum absolute atomic E-state index is 13.7. The molecule has 0 spiro atoms. The normalized spacial score (nSPS) is 11.3. The lowest BCUT2D eigenvalue weighted by Crippen LogP contribution is -2.24. The molecule has 0 atom stereocenters. The van der Waals surface area contributed by atoms with Gasteiger partial charge < -0.3 is 9.64 Å². The number of halogens is 2. The van der Waals surface area contributed by atoms with Gasteiger partial charge in [-0.25, -0.2) is 9.38 Å². The molecule has 0 radical (unpaired) electrons. The molecule has 0 saturated carbocycles. The highest BCUT2D eigenvalue weighted by molar-refractivity contribution is 6.33. The summed E-state index contributed by atoms with van der Waals surface area (Å²) >= 11 is 6.26. The van der Waals surface area contributed by atoms with E-state index in [9.17, 15) is 4.39 Å². The maximum Gasteiger partial charge on any atom is 0.165 e. The van der Waals surface area contributed by atoms with Gasteiger partial charge in [-0.2, -0.15) is 0 Å². The fourth-order valence-electron chi connectivity index (χ4n) is 1.79. The second-order valence-corrected chi connectivity index (χ2v) is 6.01. The van der Waals surface area contributed by atoms with Crippen LogP contribution in [0.4, 0.5) is 10.1 Å². The Morgan fingerprint density at radius 3 is 2.57 bits per heavy atom. The van der Waals surface area contributed by atoms with Gasteiger partial charge in [-0.05, 0) is 44.5 Å². The second kappa shape index (κ2) is 7.47. The van der Waals surface area contributed by atoms with Gasteiger partial charge >= 0.3 is 0 Å². The molecule has 0 aliphatic rings. The molecule has 0 aliphatic heterocycles. The van der Waals surface area contributed by atoms with Gasteiger partial charge in [0.1, 0.15) is 5.75 Å². The molecular formula is C18H20ClFN2O. The van der Waals surface area contributed by atoms with E-state index < -0.39 is 5.82 Å². The van der Waals surface area contributed by atoms with E-state index >= 15 is 0 Å². The first-order valence-electron chi connectivity index (χ1n) is 7.37. The minimum Gasteiger partial charge on any atom is -0.454 e. The van der Waals surface area contributed by atoms with Gasteiger partial charge in [-0.1, -0.05) is 23.7 Å². The Morgan fingerprint density at radius 2 is 1.91 bits per heavy atom. The average molecular weight is 335 g/mol. The molecule has 0 N–H and O–H groups in total. The summed E-state index contributed by atoms with van der Waals surface area (Å²) in [6, 6.07) is 10.1. The van der Waals surface area contributed by atoms with Crippen LogP contribution in [0.3, 0.4) is 0 Å². The van der Waals surface area contributed by atoms with Crippen LogP contribution in [0.15, 0.2) is 41.4 Å². The summed E-state index contributed by atoms with van der Waals surface area (Å²) in [6.07, 6.45) is 1.74. The number of benzene rings is 2. The van der Waals surface area contributed by atoms with E-state index in [1.807, 2.05) is 24.9 Å². The third kappa shape index (κ3) is 4.45. The quantitative estimate of drug-likeness (QED) is 0.526. The molecule has 0 amide bonds. The summed E-state index contributed by atoms with van der Waals surface area (Å²) in [5.74, 6) is 0.266. The third-order valence-corrected chi connectivity index (χ3v) is 3.80. The number of aliphatic imine (C=N–C) groups is 1. The Labute approximate surface area is 141 Å². The zero-order valence-electron chi connectivity index (χ0n) is 13.7. The van der Waals surface area contributed by atoms with E-state index in [0.29, 0.717) is 22.5 Å². The predicted molar refractivity (Wildman–Crippen MR) is 93.7 cm³/mol. The summed E-state index contributed by atoms with van der Waals surface area (Å²) in [4.78, 5) is 6.37. The van der Waals surface area contributed by atoms with Crippen molar-refractivity contribution in [2.75, 3.05) is 7.05 Å². The Bertz CT molecular complexity index is 716. The van der Waals surface area contributed by atoms with Gasteiger partial charge in [0.2, 0.25) is 0 Å². The first kappa shape index (κ1) is 17.3. The van der Waals surface area contributed by atoms with Crippen molar-refractivity contribution >= 4 is 23.6 Å². The molecule has 0 aromatic heterocycles. The van der Waals surface area contributed by atoms with Crippen molar-refractivity contribution in [2.24, 2.45) is 4.99 Å². The monoisotopic (exact) mass is 334 g/mol. The van der Waals surface area contributed by atoms with E-state index in [1.54, 1.807) is 30.6 Å². The Hall–Kier alpha value is -2.07. The van der Waals surface area contributed by atoms with Crippen molar-refractivity contribution < 1.29 is 9.13 Å². The average Bonchev–Trinajstić information content (AvgIpc) is 2.50. The molecule has 2 aromatic carbocycles. The molecule has 0 saturated heterocycles. The molecular weight excluding hydrogens is 315 g/mol. The van der Waals surface area contributed by atoms with Crippen LogP contribution in [-0.2, 0) is 0 Å². The summed E-state index contributed by atoms with van der Waals surface area (Å²) in [7, 11) is 1.95. The SMILES string of the molecule is Cc1cc(N=CN(C)C(C)C)c(Cl)cc1Oc1ccccc1F. The molecule has 0 heterocycles. The van der Waals surface area contributed by atoms with Crippen LogP contribution < -0.4 is 4.74 Å². The molecule has 0 bridgehead atoms. The van der Waals surface area contributed by atoms with Gasteiger partial charge in [0.15, 0.2) is 11.6 Å². The highest BCUT2D eigenvalue weighted by Crippen LogP contribution is 2.35. The Kier molecular flexibility index (Phi) is 5.61. The number of hydrogen-bond donors (Lipinski definition) is 0. The van der Waals surface area contributed by atoms with Gasteiger partial charge in [-0.3, -0.25) is 0 Å². The number of hydrogen-bond acceptors (Lipinski definition) is 2. The number of para-hydroxylation sites is 1. The fourth-order valence-corrected chi connectivity index (χ4v) is 1.99. The van der Waals surface area contributed by atoms with E-state index in [4.69, 9.17) is 16.3 Å². The van der Waals surface area contributed by atoms with Gasteiger partial charge in [0.05, 0.1) is 17.0 Å². The standard InChI is InChI=1S/C18H20ClFN2O/c1-12(2)22(4)11-21-16-9-13(3)18(10-14(16)19)23-17-8-6-5-7-15(17)20/h5-12H,1-4H3. The number of rotatable bonds is 5. The summed E-state index contributed by atoms with van der Waals surface area (Å²) < 4.78 is 19.3. The maximum atomic E-state index is 13.7. The van der Waals surface area contributed by atoms with Crippen LogP contribution in [0, 0.1) is 12.7 Å². The zero-order valence-corrected chi connectivity index (χ0v) is 14.4. The van der Waals surface area contributed by atoms with E-state index in [0.717, 1.165) is 5.56 Å². The smallest absolute Gasteiger partial charge is 0.165 e. The predicted octanol–water partition coefficient (Wildman–Crippen LogP) is 5.58.